The van der Waals surface area contributed by atoms with Gasteiger partial charge in [-0.05, 0) is 71.7 Å². The third-order valence-electron chi connectivity index (χ3n) is 6.03. The minimum absolute atomic E-state index is 0.272. The van der Waals surface area contributed by atoms with Crippen molar-refractivity contribution >= 4 is 17.3 Å². The van der Waals surface area contributed by atoms with E-state index in [9.17, 15) is 9.90 Å². The van der Waals surface area contributed by atoms with E-state index in [1.807, 2.05) is 23.6 Å². The molecule has 0 saturated carbocycles. The van der Waals surface area contributed by atoms with E-state index in [0.717, 1.165) is 31.2 Å². The second kappa shape index (κ2) is 8.60. The third kappa shape index (κ3) is 4.37. The highest BCUT2D eigenvalue weighted by Crippen LogP contribution is 2.46. The molecule has 4 nitrogen and oxygen atoms in total. The first-order valence-electron chi connectivity index (χ1n) is 9.95. The lowest BCUT2D eigenvalue weighted by Crippen LogP contribution is -2.26. The van der Waals surface area contributed by atoms with Gasteiger partial charge in [-0.15, -0.1) is 0 Å². The number of rotatable bonds is 8. The van der Waals surface area contributed by atoms with Crippen LogP contribution in [-0.4, -0.2) is 34.5 Å². The topological polar surface area (TPSA) is 66.8 Å². The minimum Gasteiger partial charge on any atom is -0.478 e. The number of aromatic carboxylic acids is 1. The van der Waals surface area contributed by atoms with Crippen LogP contribution in [0, 0.1) is 11.8 Å². The summed E-state index contributed by atoms with van der Waals surface area (Å²) in [4.78, 5) is 11.0. The Bertz CT molecular complexity index is 812. The fraction of sp³-hybridized carbons (Fsp3) is 0.435. The molecule has 0 amide bonds. The number of carboxylic acids is 1. The van der Waals surface area contributed by atoms with Crippen LogP contribution < -0.4 is 0 Å². The number of carbonyl (C=O) groups is 1. The Morgan fingerprint density at radius 2 is 1.96 bits per heavy atom. The number of aliphatic hydroxyl groups excluding tert-OH is 1. The normalized spacial score (nSPS) is 27.5. The fourth-order valence-electron chi connectivity index (χ4n) is 4.58. The quantitative estimate of drug-likeness (QED) is 0.650. The lowest BCUT2D eigenvalue weighted by Gasteiger charge is -2.26. The number of benzene rings is 1. The molecule has 2 aliphatic heterocycles. The van der Waals surface area contributed by atoms with Crippen LogP contribution in [0.5, 0.6) is 0 Å². The molecule has 4 rings (SSSR count). The molecule has 2 aliphatic rings. The maximum Gasteiger partial charge on any atom is 0.335 e. The van der Waals surface area contributed by atoms with Crippen LogP contribution in [0.2, 0.25) is 0 Å². The van der Waals surface area contributed by atoms with Gasteiger partial charge >= 0.3 is 5.97 Å². The van der Waals surface area contributed by atoms with Gasteiger partial charge in [0.2, 0.25) is 0 Å². The van der Waals surface area contributed by atoms with E-state index < -0.39 is 12.1 Å². The zero-order valence-electron chi connectivity index (χ0n) is 15.7. The molecular formula is C23H26O4S. The molecule has 5 heteroatoms. The summed E-state index contributed by atoms with van der Waals surface area (Å²) < 4.78 is 6.17. The maximum absolute atomic E-state index is 11.0. The number of aryl methyl sites for hydroxylation is 1. The summed E-state index contributed by atoms with van der Waals surface area (Å²) in [6, 6.07) is 9.22. The van der Waals surface area contributed by atoms with Gasteiger partial charge in [-0.1, -0.05) is 24.3 Å². The molecule has 3 heterocycles. The number of hydrogen-bond donors (Lipinski definition) is 2. The van der Waals surface area contributed by atoms with Crippen molar-refractivity contribution in [1.29, 1.82) is 0 Å². The highest BCUT2D eigenvalue weighted by Gasteiger charge is 2.47. The zero-order chi connectivity index (χ0) is 19.5. The Kier molecular flexibility index (Phi) is 5.95. The largest absolute Gasteiger partial charge is 0.478 e. The summed E-state index contributed by atoms with van der Waals surface area (Å²) in [5.41, 5.74) is 2.66. The summed E-state index contributed by atoms with van der Waals surface area (Å²) in [5.74, 6) is -0.0732. The molecule has 0 radical (unpaired) electrons. The number of hydrogen-bond acceptors (Lipinski definition) is 4. The standard InChI is InChI=1S/C23H26O4S/c24-18(13-16-11-12-28-14-16)6-8-20-19(21-9-10-22(20)27-21)7-3-15-1-4-17(5-2-15)23(25)26/h1-2,4-6,8,11-12,14,18-22,24H,3,7,9-10,13H2,(H,25,26)/b8-6+/t18?,19-,20-,21?,22-/m0/s1. The molecule has 2 N–H and O–H groups in total. The van der Waals surface area contributed by atoms with Crippen molar-refractivity contribution < 1.29 is 19.7 Å². The molecule has 2 saturated heterocycles. The molecule has 2 fully saturated rings. The molecule has 2 unspecified atom stereocenters. The van der Waals surface area contributed by atoms with Crippen LogP contribution in [0.3, 0.4) is 0 Å². The first kappa shape index (κ1) is 19.4. The lowest BCUT2D eigenvalue weighted by molar-refractivity contribution is 0.0697. The molecule has 148 valence electrons. The van der Waals surface area contributed by atoms with Gasteiger partial charge in [-0.3, -0.25) is 0 Å². The number of aliphatic hydroxyl groups is 1. The van der Waals surface area contributed by atoms with Crippen molar-refractivity contribution in [2.24, 2.45) is 11.8 Å². The Balaban J connectivity index is 1.36. The van der Waals surface area contributed by atoms with E-state index in [-0.39, 0.29) is 6.10 Å². The van der Waals surface area contributed by atoms with Crippen molar-refractivity contribution in [1.82, 2.24) is 0 Å². The Morgan fingerprint density at radius 1 is 1.18 bits per heavy atom. The minimum atomic E-state index is -0.890. The van der Waals surface area contributed by atoms with E-state index in [0.29, 0.717) is 29.9 Å². The number of carboxylic acid groups (broad SMARTS) is 1. The molecule has 28 heavy (non-hydrogen) atoms. The average molecular weight is 399 g/mol. The summed E-state index contributed by atoms with van der Waals surface area (Å²) in [5, 5.41) is 23.5. The Labute approximate surface area is 169 Å². The van der Waals surface area contributed by atoms with Gasteiger partial charge in [0.25, 0.3) is 0 Å². The number of fused-ring (bicyclic) bond motifs is 2. The van der Waals surface area contributed by atoms with E-state index in [1.165, 1.54) is 5.56 Å². The van der Waals surface area contributed by atoms with Crippen molar-refractivity contribution in [2.75, 3.05) is 0 Å². The molecule has 1 aromatic heterocycles. The van der Waals surface area contributed by atoms with Gasteiger partial charge in [0.15, 0.2) is 0 Å². The third-order valence-corrected chi connectivity index (χ3v) is 6.77. The van der Waals surface area contributed by atoms with E-state index in [1.54, 1.807) is 23.5 Å². The highest BCUT2D eigenvalue weighted by molar-refractivity contribution is 7.07. The average Bonchev–Trinajstić information content (AvgIpc) is 3.43. The van der Waals surface area contributed by atoms with Crippen molar-refractivity contribution in [3.05, 3.63) is 69.9 Å². The van der Waals surface area contributed by atoms with Gasteiger partial charge in [0, 0.05) is 12.3 Å². The molecule has 0 aliphatic carbocycles. The summed E-state index contributed by atoms with van der Waals surface area (Å²) in [6.07, 6.45) is 9.06. The predicted molar refractivity (Wildman–Crippen MR) is 110 cm³/mol. The molecule has 1 aromatic carbocycles. The fourth-order valence-corrected chi connectivity index (χ4v) is 5.26. The maximum atomic E-state index is 11.0. The van der Waals surface area contributed by atoms with Crippen molar-refractivity contribution in [3.63, 3.8) is 0 Å². The Morgan fingerprint density at radius 3 is 2.68 bits per heavy atom. The Hall–Kier alpha value is -1.95. The molecule has 2 aromatic rings. The second-order valence-electron chi connectivity index (χ2n) is 7.86. The van der Waals surface area contributed by atoms with Crippen LogP contribution in [0.25, 0.3) is 0 Å². The molecule has 0 spiro atoms. The second-order valence-corrected chi connectivity index (χ2v) is 8.64. The van der Waals surface area contributed by atoms with Gasteiger partial charge in [0.05, 0.1) is 23.9 Å². The van der Waals surface area contributed by atoms with Gasteiger partial charge in [0.1, 0.15) is 0 Å². The summed E-state index contributed by atoms with van der Waals surface area (Å²) in [7, 11) is 0. The van der Waals surface area contributed by atoms with Gasteiger partial charge in [-0.2, -0.15) is 11.3 Å². The van der Waals surface area contributed by atoms with Crippen LogP contribution in [0.4, 0.5) is 0 Å². The van der Waals surface area contributed by atoms with E-state index >= 15 is 0 Å². The number of thiophene rings is 1. The smallest absolute Gasteiger partial charge is 0.335 e. The number of ether oxygens (including phenoxy) is 1. The van der Waals surface area contributed by atoms with Crippen LogP contribution in [0.15, 0.2) is 53.2 Å². The van der Waals surface area contributed by atoms with Crippen LogP contribution in [0.1, 0.15) is 40.7 Å². The van der Waals surface area contributed by atoms with Crippen molar-refractivity contribution in [3.8, 4) is 0 Å². The molecule has 5 atom stereocenters. The zero-order valence-corrected chi connectivity index (χ0v) is 16.6. The van der Waals surface area contributed by atoms with Gasteiger partial charge < -0.3 is 14.9 Å². The van der Waals surface area contributed by atoms with Crippen molar-refractivity contribution in [2.45, 2.75) is 50.4 Å². The first-order chi connectivity index (χ1) is 13.6. The van der Waals surface area contributed by atoms with Crippen LogP contribution in [-0.2, 0) is 17.6 Å². The molecule has 2 bridgehead atoms. The highest BCUT2D eigenvalue weighted by atomic mass is 32.1. The predicted octanol–water partition coefficient (Wildman–Crippen LogP) is 4.33. The first-order valence-corrected chi connectivity index (χ1v) is 10.9. The molecular weight excluding hydrogens is 372 g/mol. The van der Waals surface area contributed by atoms with Gasteiger partial charge in [-0.25, -0.2) is 4.79 Å². The SMILES string of the molecule is O=C(O)c1ccc(CC[C@@H]2C3CC[C@H](O3)[C@H]2/C=C/C(O)Cc2ccsc2)cc1. The van der Waals surface area contributed by atoms with E-state index in [2.05, 4.69) is 17.5 Å². The summed E-state index contributed by atoms with van der Waals surface area (Å²) >= 11 is 1.65. The summed E-state index contributed by atoms with van der Waals surface area (Å²) in [6.45, 7) is 0. The van der Waals surface area contributed by atoms with Crippen LogP contribution >= 0.6 is 11.3 Å². The van der Waals surface area contributed by atoms with E-state index in [4.69, 9.17) is 9.84 Å². The monoisotopic (exact) mass is 398 g/mol. The lowest BCUT2D eigenvalue weighted by atomic mass is 9.76.